The maximum Gasteiger partial charge on any atom is 0.472 e. The van der Waals surface area contributed by atoms with E-state index in [9.17, 15) is 19.0 Å². The average molecular weight is 1130 g/mol. The molecule has 0 aliphatic heterocycles. The second kappa shape index (κ2) is 59.4. The lowest BCUT2D eigenvalue weighted by Gasteiger charge is -2.27. The number of amides is 1. The van der Waals surface area contributed by atoms with Gasteiger partial charge in [0.1, 0.15) is 19.3 Å². The molecule has 3 unspecified atom stereocenters. The molecule has 0 aromatic heterocycles. The third-order valence-electron chi connectivity index (χ3n) is 15.6. The summed E-state index contributed by atoms with van der Waals surface area (Å²) in [6.07, 6.45) is 73.1. The summed E-state index contributed by atoms with van der Waals surface area (Å²) in [7, 11) is 1.50. The normalized spacial score (nSPS) is 13.8. The molecule has 0 aromatic carbocycles. The molecule has 0 saturated heterocycles. The van der Waals surface area contributed by atoms with E-state index in [0.29, 0.717) is 17.4 Å². The van der Waals surface area contributed by atoms with Crippen LogP contribution in [0.2, 0.25) is 0 Å². The summed E-state index contributed by atoms with van der Waals surface area (Å²) in [5.41, 5.74) is 0. The molecular formula is C69H134N2O7P+. The van der Waals surface area contributed by atoms with Crippen LogP contribution < -0.4 is 5.32 Å². The van der Waals surface area contributed by atoms with Gasteiger partial charge in [0, 0.05) is 12.8 Å². The first kappa shape index (κ1) is 77.2. The zero-order valence-corrected chi connectivity index (χ0v) is 54.3. The smallest absolute Gasteiger partial charge is 0.456 e. The highest BCUT2D eigenvalue weighted by atomic mass is 31.2. The predicted molar refractivity (Wildman–Crippen MR) is 342 cm³/mol. The van der Waals surface area contributed by atoms with Gasteiger partial charge in [-0.05, 0) is 57.4 Å². The van der Waals surface area contributed by atoms with Crippen LogP contribution in [0.5, 0.6) is 0 Å². The fraction of sp³-hybridized carbons (Fsp3) is 0.884. The van der Waals surface area contributed by atoms with Gasteiger partial charge in [-0.2, -0.15) is 0 Å². The topological polar surface area (TPSA) is 111 Å². The van der Waals surface area contributed by atoms with Crippen molar-refractivity contribution < 1.29 is 37.3 Å². The van der Waals surface area contributed by atoms with Crippen LogP contribution in [0.1, 0.15) is 342 Å². The van der Waals surface area contributed by atoms with Crippen LogP contribution in [0.3, 0.4) is 0 Å². The first-order valence-electron chi connectivity index (χ1n) is 34.3. The second-order valence-corrected chi connectivity index (χ2v) is 26.2. The fourth-order valence-corrected chi connectivity index (χ4v) is 11.0. The highest BCUT2D eigenvalue weighted by Gasteiger charge is 2.30. The van der Waals surface area contributed by atoms with E-state index in [1.165, 1.54) is 231 Å². The van der Waals surface area contributed by atoms with Gasteiger partial charge in [-0.15, -0.1) is 0 Å². The number of hydrogen-bond acceptors (Lipinski definition) is 6. The molecule has 3 atom stereocenters. The number of likely N-dealkylation sites (N-methyl/N-ethyl adjacent to an activating group) is 1. The molecule has 0 fully saturated rings. The summed E-state index contributed by atoms with van der Waals surface area (Å²) < 4.78 is 30.7. The van der Waals surface area contributed by atoms with Crippen molar-refractivity contribution in [3.63, 3.8) is 0 Å². The van der Waals surface area contributed by atoms with Gasteiger partial charge in [-0.3, -0.25) is 18.6 Å². The standard InChI is InChI=1S/C69H133N2O7P/c1-7-10-13-16-19-22-25-27-29-30-31-32-33-34-35-36-37-38-39-40-42-43-46-49-52-55-58-61-68(72)70-66(65-77-79(74,75)76-64-63-71(4,5)6)67(60-57-54-51-48-45-24-21-18-15-12-9-3)78-69(73)62-59-56-53-50-47-44-41-28-26-23-20-17-14-11-8-2/h20,23,26,28,57,60,66-67H,7-19,21-22,24-25,27,29-56,58-59,61-65H2,1-6H3,(H-,70,72,74,75)/p+1/b23-20+,28-26+,60-57-. The molecule has 0 radical (unpaired) electrons. The van der Waals surface area contributed by atoms with E-state index in [1.807, 2.05) is 33.3 Å². The number of carbonyl (C=O) groups is 2. The van der Waals surface area contributed by atoms with E-state index < -0.39 is 20.0 Å². The first-order chi connectivity index (χ1) is 38.4. The molecule has 2 N–H and O–H groups in total. The van der Waals surface area contributed by atoms with Gasteiger partial charge in [0.25, 0.3) is 0 Å². The zero-order valence-electron chi connectivity index (χ0n) is 53.4. The molecular weight excluding hydrogens is 1000 g/mol. The molecule has 0 aliphatic rings. The van der Waals surface area contributed by atoms with Gasteiger partial charge in [-0.25, -0.2) is 4.57 Å². The van der Waals surface area contributed by atoms with Crippen LogP contribution in [0.4, 0.5) is 0 Å². The van der Waals surface area contributed by atoms with E-state index in [0.717, 1.165) is 77.0 Å². The maximum atomic E-state index is 13.6. The molecule has 0 saturated carbocycles. The van der Waals surface area contributed by atoms with E-state index in [1.54, 1.807) is 0 Å². The van der Waals surface area contributed by atoms with Gasteiger partial charge < -0.3 is 19.4 Å². The van der Waals surface area contributed by atoms with E-state index in [2.05, 4.69) is 50.4 Å². The fourth-order valence-electron chi connectivity index (χ4n) is 10.3. The molecule has 79 heavy (non-hydrogen) atoms. The summed E-state index contributed by atoms with van der Waals surface area (Å²) in [6.45, 7) is 7.02. The Morgan fingerprint density at radius 3 is 1.14 bits per heavy atom. The average Bonchev–Trinajstić information content (AvgIpc) is 3.41. The molecule has 1 amide bonds. The van der Waals surface area contributed by atoms with Crippen molar-refractivity contribution in [2.24, 2.45) is 0 Å². The molecule has 0 rings (SSSR count). The van der Waals surface area contributed by atoms with Crippen molar-refractivity contribution in [2.45, 2.75) is 354 Å². The Labute approximate surface area is 491 Å². The van der Waals surface area contributed by atoms with Gasteiger partial charge in [0.05, 0.1) is 33.8 Å². The molecule has 0 aliphatic carbocycles. The molecule has 0 aromatic rings. The van der Waals surface area contributed by atoms with E-state index in [-0.39, 0.29) is 31.5 Å². The number of rotatable bonds is 63. The lowest BCUT2D eigenvalue weighted by Crippen LogP contribution is -2.47. The first-order valence-corrected chi connectivity index (χ1v) is 35.8. The monoisotopic (exact) mass is 1130 g/mol. The number of ether oxygens (including phenoxy) is 1. The highest BCUT2D eigenvalue weighted by Crippen LogP contribution is 2.43. The number of allylic oxidation sites excluding steroid dienone is 5. The molecule has 9 nitrogen and oxygen atoms in total. The van der Waals surface area contributed by atoms with E-state index >= 15 is 0 Å². The van der Waals surface area contributed by atoms with Crippen LogP contribution in [-0.2, 0) is 27.9 Å². The number of quaternary nitrogens is 1. The minimum absolute atomic E-state index is 0.0406. The zero-order chi connectivity index (χ0) is 57.9. The lowest BCUT2D eigenvalue weighted by atomic mass is 10.0. The van der Waals surface area contributed by atoms with Gasteiger partial charge >= 0.3 is 13.8 Å². The molecule has 466 valence electrons. The van der Waals surface area contributed by atoms with Crippen molar-refractivity contribution in [1.82, 2.24) is 5.32 Å². The van der Waals surface area contributed by atoms with Crippen LogP contribution in [0.15, 0.2) is 36.5 Å². The highest BCUT2D eigenvalue weighted by molar-refractivity contribution is 7.47. The van der Waals surface area contributed by atoms with Crippen LogP contribution in [0, 0.1) is 0 Å². The van der Waals surface area contributed by atoms with Crippen LogP contribution >= 0.6 is 7.82 Å². The third-order valence-corrected chi connectivity index (χ3v) is 16.6. The summed E-state index contributed by atoms with van der Waals surface area (Å²) in [4.78, 5) is 37.8. The van der Waals surface area contributed by atoms with Crippen molar-refractivity contribution in [1.29, 1.82) is 0 Å². The molecule has 0 bridgehead atoms. The minimum Gasteiger partial charge on any atom is -0.456 e. The number of carbonyl (C=O) groups excluding carboxylic acids is 2. The third kappa shape index (κ3) is 60.6. The van der Waals surface area contributed by atoms with Crippen molar-refractivity contribution in [2.75, 3.05) is 40.9 Å². The van der Waals surface area contributed by atoms with Gasteiger partial charge in [0.2, 0.25) is 5.91 Å². The number of hydrogen-bond donors (Lipinski definition) is 2. The Morgan fingerprint density at radius 2 is 0.759 bits per heavy atom. The summed E-state index contributed by atoms with van der Waals surface area (Å²) in [5, 5.41) is 3.07. The largest absolute Gasteiger partial charge is 0.472 e. The molecule has 0 heterocycles. The number of nitrogens with one attached hydrogen (secondary N) is 1. The van der Waals surface area contributed by atoms with Crippen molar-refractivity contribution in [3.8, 4) is 0 Å². The Balaban J connectivity index is 4.95. The summed E-state index contributed by atoms with van der Waals surface area (Å²) in [6, 6.07) is -0.849. The second-order valence-electron chi connectivity index (χ2n) is 24.7. The predicted octanol–water partition coefficient (Wildman–Crippen LogP) is 21.5. The van der Waals surface area contributed by atoms with E-state index in [4.69, 9.17) is 13.8 Å². The Hall–Kier alpha value is -1.77. The minimum atomic E-state index is -4.45. The van der Waals surface area contributed by atoms with Gasteiger partial charge in [-0.1, -0.05) is 308 Å². The Kier molecular flexibility index (Phi) is 58.1. The lowest BCUT2D eigenvalue weighted by molar-refractivity contribution is -0.870. The number of esters is 1. The number of phosphoric acid groups is 1. The summed E-state index contributed by atoms with van der Waals surface area (Å²) in [5.74, 6) is -0.503. The number of nitrogens with zero attached hydrogens (tertiary/aromatic N) is 1. The van der Waals surface area contributed by atoms with Crippen molar-refractivity contribution in [3.05, 3.63) is 36.5 Å². The Morgan fingerprint density at radius 1 is 0.443 bits per heavy atom. The van der Waals surface area contributed by atoms with Gasteiger partial charge in [0.15, 0.2) is 0 Å². The molecule has 0 spiro atoms. The quantitative estimate of drug-likeness (QED) is 0.0156. The van der Waals surface area contributed by atoms with Crippen molar-refractivity contribution >= 4 is 19.7 Å². The summed E-state index contributed by atoms with van der Waals surface area (Å²) >= 11 is 0. The maximum absolute atomic E-state index is 13.6. The number of phosphoric ester groups is 1. The SMILES string of the molecule is CCCCC/C=C/C=C/CCCCCCCCC(=O)OC(/C=C\CCCCCCCCCCC)C(COP(=O)(O)OCC[N+](C)(C)C)NC(=O)CCCCCCCCCCCCCCCCCCCCCCCCCCCCC. The van der Waals surface area contributed by atoms with Crippen LogP contribution in [-0.4, -0.2) is 74.3 Å². The van der Waals surface area contributed by atoms with Crippen LogP contribution in [0.25, 0.3) is 0 Å². The Bertz CT molecular complexity index is 1450. The number of unbranched alkanes of at least 4 members (excludes halogenated alkanes) is 44. The molecule has 10 heteroatoms.